The van der Waals surface area contributed by atoms with Crippen LogP contribution >= 0.6 is 0 Å². The lowest BCUT2D eigenvalue weighted by Crippen LogP contribution is -2.35. The predicted octanol–water partition coefficient (Wildman–Crippen LogP) is 4.47. The van der Waals surface area contributed by atoms with Crippen LogP contribution < -0.4 is 0 Å². The molecular formula is C24H31NO2. The molecule has 2 aromatic rings. The lowest BCUT2D eigenvalue weighted by atomic mass is 9.91. The van der Waals surface area contributed by atoms with E-state index in [2.05, 4.69) is 42.2 Å². The maximum absolute atomic E-state index is 9.49. The number of likely N-dealkylation sites (tertiary alicyclic amines) is 1. The van der Waals surface area contributed by atoms with Crippen molar-refractivity contribution in [2.75, 3.05) is 26.7 Å². The molecule has 27 heavy (non-hydrogen) atoms. The van der Waals surface area contributed by atoms with Crippen molar-refractivity contribution < 1.29 is 9.84 Å². The molecule has 3 nitrogen and oxygen atoms in total. The molecule has 1 aliphatic heterocycles. The van der Waals surface area contributed by atoms with Crippen LogP contribution in [-0.4, -0.2) is 42.4 Å². The molecule has 1 saturated carbocycles. The Balaban J connectivity index is 1.35. The Morgan fingerprint density at radius 2 is 1.67 bits per heavy atom. The van der Waals surface area contributed by atoms with E-state index in [-0.39, 0.29) is 5.60 Å². The van der Waals surface area contributed by atoms with Crippen molar-refractivity contribution in [1.29, 1.82) is 0 Å². The number of benzene rings is 2. The Morgan fingerprint density at radius 3 is 2.26 bits per heavy atom. The van der Waals surface area contributed by atoms with Crippen molar-refractivity contribution in [1.82, 2.24) is 4.90 Å². The quantitative estimate of drug-likeness (QED) is 0.820. The van der Waals surface area contributed by atoms with Gasteiger partial charge in [0.2, 0.25) is 0 Å². The van der Waals surface area contributed by atoms with Crippen LogP contribution in [0.15, 0.2) is 54.6 Å². The SMILES string of the molecule is COC1(Cc2ccccc2)C[C@H]2CN(CC(C)c3ccc(O)cc3)C[C@H]2C1. The molecule has 0 amide bonds. The fourth-order valence-electron chi connectivity index (χ4n) is 5.33. The Hall–Kier alpha value is -1.84. The summed E-state index contributed by atoms with van der Waals surface area (Å²) < 4.78 is 6.09. The number of ether oxygens (including phenoxy) is 1. The van der Waals surface area contributed by atoms with Gasteiger partial charge in [0, 0.05) is 33.2 Å². The van der Waals surface area contributed by atoms with Gasteiger partial charge in [-0.3, -0.25) is 0 Å². The summed E-state index contributed by atoms with van der Waals surface area (Å²) in [7, 11) is 1.90. The van der Waals surface area contributed by atoms with E-state index in [9.17, 15) is 5.11 Å². The Bertz CT molecular complexity index is 729. The van der Waals surface area contributed by atoms with E-state index in [1.165, 1.54) is 37.1 Å². The standard InChI is InChI=1S/C24H31NO2/c1-18(20-8-10-23(26)11-9-20)15-25-16-21-13-24(27-2,14-22(21)17-25)12-19-6-4-3-5-7-19/h3-11,18,21-22,26H,12-17H2,1-2H3/t18?,21-,22+,24?. The third-order valence-corrected chi connectivity index (χ3v) is 6.72. The average Bonchev–Trinajstić information content (AvgIpc) is 3.18. The molecule has 4 rings (SSSR count). The molecule has 1 aliphatic carbocycles. The van der Waals surface area contributed by atoms with Crippen molar-refractivity contribution in [2.45, 2.75) is 37.7 Å². The van der Waals surface area contributed by atoms with Gasteiger partial charge in [0.1, 0.15) is 5.75 Å². The monoisotopic (exact) mass is 365 g/mol. The smallest absolute Gasteiger partial charge is 0.115 e. The van der Waals surface area contributed by atoms with Gasteiger partial charge in [-0.25, -0.2) is 0 Å². The highest BCUT2D eigenvalue weighted by atomic mass is 16.5. The second-order valence-electron chi connectivity index (χ2n) is 8.69. The van der Waals surface area contributed by atoms with Gasteiger partial charge in [-0.05, 0) is 53.9 Å². The molecule has 0 aromatic heterocycles. The topological polar surface area (TPSA) is 32.7 Å². The summed E-state index contributed by atoms with van der Waals surface area (Å²) in [6.45, 7) is 5.76. The third-order valence-electron chi connectivity index (χ3n) is 6.72. The van der Waals surface area contributed by atoms with E-state index < -0.39 is 0 Å². The molecule has 2 unspecified atom stereocenters. The van der Waals surface area contributed by atoms with E-state index in [0.29, 0.717) is 11.7 Å². The molecule has 0 radical (unpaired) electrons. The molecule has 4 atom stereocenters. The zero-order valence-electron chi connectivity index (χ0n) is 16.5. The van der Waals surface area contributed by atoms with Gasteiger partial charge in [-0.1, -0.05) is 49.4 Å². The molecule has 0 bridgehead atoms. The van der Waals surface area contributed by atoms with Crippen LogP contribution in [0.1, 0.15) is 36.8 Å². The summed E-state index contributed by atoms with van der Waals surface area (Å²) in [6, 6.07) is 18.5. The molecule has 1 N–H and O–H groups in total. The van der Waals surface area contributed by atoms with E-state index in [0.717, 1.165) is 24.8 Å². The molecule has 3 heteroatoms. The van der Waals surface area contributed by atoms with Gasteiger partial charge in [-0.15, -0.1) is 0 Å². The van der Waals surface area contributed by atoms with Crippen LogP contribution in [-0.2, 0) is 11.2 Å². The highest BCUT2D eigenvalue weighted by molar-refractivity contribution is 5.28. The van der Waals surface area contributed by atoms with E-state index >= 15 is 0 Å². The van der Waals surface area contributed by atoms with Gasteiger partial charge in [-0.2, -0.15) is 0 Å². The number of phenols is 1. The highest BCUT2D eigenvalue weighted by Gasteiger charge is 2.49. The minimum absolute atomic E-state index is 0.0192. The van der Waals surface area contributed by atoms with Gasteiger partial charge < -0.3 is 14.7 Å². The van der Waals surface area contributed by atoms with Crippen molar-refractivity contribution >= 4 is 0 Å². The first kappa shape index (κ1) is 18.5. The van der Waals surface area contributed by atoms with Gasteiger partial charge >= 0.3 is 0 Å². The Morgan fingerprint density at radius 1 is 1.04 bits per heavy atom. The lowest BCUT2D eigenvalue weighted by Gasteiger charge is -2.31. The molecule has 0 spiro atoms. The number of methoxy groups -OCH3 is 1. The summed E-state index contributed by atoms with van der Waals surface area (Å²) >= 11 is 0. The summed E-state index contributed by atoms with van der Waals surface area (Å²) in [5.41, 5.74) is 2.71. The minimum atomic E-state index is 0.0192. The van der Waals surface area contributed by atoms with Crippen molar-refractivity contribution in [3.8, 4) is 5.75 Å². The zero-order chi connectivity index (χ0) is 18.9. The Labute approximate surface area is 163 Å². The van der Waals surface area contributed by atoms with Gasteiger partial charge in [0.05, 0.1) is 5.60 Å². The van der Waals surface area contributed by atoms with Crippen LogP contribution in [0.25, 0.3) is 0 Å². The Kier molecular flexibility index (Phi) is 5.25. The molecule has 1 heterocycles. The highest BCUT2D eigenvalue weighted by Crippen LogP contribution is 2.47. The third kappa shape index (κ3) is 4.04. The fourth-order valence-corrected chi connectivity index (χ4v) is 5.33. The van der Waals surface area contributed by atoms with E-state index in [1.807, 2.05) is 19.2 Å². The normalized spacial score (nSPS) is 29.0. The van der Waals surface area contributed by atoms with Crippen LogP contribution in [0, 0.1) is 11.8 Å². The van der Waals surface area contributed by atoms with Crippen LogP contribution in [0.5, 0.6) is 5.75 Å². The van der Waals surface area contributed by atoms with E-state index in [4.69, 9.17) is 4.74 Å². The number of nitrogens with zero attached hydrogens (tertiary/aromatic N) is 1. The summed E-state index contributed by atoms with van der Waals surface area (Å²) in [5.74, 6) is 2.33. The zero-order valence-corrected chi connectivity index (χ0v) is 16.5. The number of hydrogen-bond donors (Lipinski definition) is 1. The van der Waals surface area contributed by atoms with Crippen molar-refractivity contribution in [2.24, 2.45) is 11.8 Å². The van der Waals surface area contributed by atoms with Crippen LogP contribution in [0.4, 0.5) is 0 Å². The molecule has 144 valence electrons. The first-order valence-electron chi connectivity index (χ1n) is 10.2. The average molecular weight is 366 g/mol. The summed E-state index contributed by atoms with van der Waals surface area (Å²) in [5, 5.41) is 9.49. The summed E-state index contributed by atoms with van der Waals surface area (Å²) in [6.07, 6.45) is 3.38. The van der Waals surface area contributed by atoms with Crippen LogP contribution in [0.3, 0.4) is 0 Å². The number of phenolic OH excluding ortho intramolecular Hbond substituents is 1. The number of fused-ring (bicyclic) bond motifs is 1. The second-order valence-corrected chi connectivity index (χ2v) is 8.69. The lowest BCUT2D eigenvalue weighted by molar-refractivity contribution is -0.0131. The largest absolute Gasteiger partial charge is 0.508 e. The molecule has 1 saturated heterocycles. The molecule has 2 aromatic carbocycles. The van der Waals surface area contributed by atoms with Crippen LogP contribution in [0.2, 0.25) is 0 Å². The molecule has 2 fully saturated rings. The fraction of sp³-hybridized carbons (Fsp3) is 0.500. The minimum Gasteiger partial charge on any atom is -0.508 e. The first-order valence-corrected chi connectivity index (χ1v) is 10.2. The number of aromatic hydroxyl groups is 1. The first-order chi connectivity index (χ1) is 13.1. The molecule has 2 aliphatic rings. The maximum atomic E-state index is 9.49. The van der Waals surface area contributed by atoms with Crippen molar-refractivity contribution in [3.63, 3.8) is 0 Å². The predicted molar refractivity (Wildman–Crippen MR) is 109 cm³/mol. The molecular weight excluding hydrogens is 334 g/mol. The number of hydrogen-bond acceptors (Lipinski definition) is 3. The van der Waals surface area contributed by atoms with E-state index in [1.54, 1.807) is 12.1 Å². The van der Waals surface area contributed by atoms with Gasteiger partial charge in [0.25, 0.3) is 0 Å². The second kappa shape index (κ2) is 7.65. The summed E-state index contributed by atoms with van der Waals surface area (Å²) in [4.78, 5) is 2.63. The maximum Gasteiger partial charge on any atom is 0.115 e. The van der Waals surface area contributed by atoms with Gasteiger partial charge in [0.15, 0.2) is 0 Å². The van der Waals surface area contributed by atoms with Crippen molar-refractivity contribution in [3.05, 3.63) is 65.7 Å². The number of rotatable bonds is 6.